The van der Waals surface area contributed by atoms with Crippen LogP contribution in [0.3, 0.4) is 0 Å². The van der Waals surface area contributed by atoms with Gasteiger partial charge in [-0.25, -0.2) is 0 Å². The number of hydrogen-bond donors (Lipinski definition) is 1. The summed E-state index contributed by atoms with van der Waals surface area (Å²) in [6.07, 6.45) is 0.875. The van der Waals surface area contributed by atoms with Crippen LogP contribution in [0.1, 0.15) is 13.3 Å². The molecule has 0 saturated heterocycles. The average molecular weight is 209 g/mol. The molecule has 7 heavy (non-hydrogen) atoms. The molecule has 0 fully saturated rings. The molecule has 0 unspecified atom stereocenters. The van der Waals surface area contributed by atoms with E-state index in [2.05, 4.69) is 0 Å². The van der Waals surface area contributed by atoms with Crippen LogP contribution in [-0.2, 0) is 39.0 Å². The summed E-state index contributed by atoms with van der Waals surface area (Å²) < 4.78 is 0. The van der Waals surface area contributed by atoms with Crippen LogP contribution in [0.5, 0.6) is 0 Å². The van der Waals surface area contributed by atoms with Gasteiger partial charge in [0.25, 0.3) is 0 Å². The minimum absolute atomic E-state index is 0. The van der Waals surface area contributed by atoms with Crippen molar-refractivity contribution in [3.05, 3.63) is 0 Å². The molecular formula is C3H10O2Zn2. The molecule has 38 valence electrons. The van der Waals surface area contributed by atoms with Gasteiger partial charge >= 0.3 is 0 Å². The van der Waals surface area contributed by atoms with Crippen molar-refractivity contribution >= 4 is 0 Å². The predicted octanol–water partition coefficient (Wildman–Crippen LogP) is -0.441. The first-order valence-electron chi connectivity index (χ1n) is 1.52. The molecule has 0 aliphatic heterocycles. The molecule has 0 radical (unpaired) electrons. The van der Waals surface area contributed by atoms with Crippen LogP contribution in [0.15, 0.2) is 0 Å². The summed E-state index contributed by atoms with van der Waals surface area (Å²) >= 11 is 0. The molecule has 0 heterocycles. The first-order chi connectivity index (χ1) is 1.91. The van der Waals surface area contributed by atoms with Crippen molar-refractivity contribution in [3.8, 4) is 0 Å². The van der Waals surface area contributed by atoms with Gasteiger partial charge in [-0.15, -0.1) is 0 Å². The third-order valence-electron chi connectivity index (χ3n) is 0.224. The zero-order valence-corrected chi connectivity index (χ0v) is 10.7. The normalized spacial score (nSPS) is 4.29. The fraction of sp³-hybridized carbons (Fsp3) is 1.00. The second kappa shape index (κ2) is 27.2. The molecule has 0 saturated carbocycles. The van der Waals surface area contributed by atoms with E-state index >= 15 is 0 Å². The van der Waals surface area contributed by atoms with Gasteiger partial charge in [0.05, 0.1) is 0 Å². The molecule has 0 rings (SSSR count). The predicted molar refractivity (Wildman–Crippen MR) is 21.0 cm³/mol. The van der Waals surface area contributed by atoms with Gasteiger partial charge in [0.15, 0.2) is 0 Å². The molecule has 2 nitrogen and oxygen atoms in total. The van der Waals surface area contributed by atoms with Crippen molar-refractivity contribution in [1.29, 1.82) is 0 Å². The Morgan fingerprint density at radius 3 is 1.43 bits per heavy atom. The van der Waals surface area contributed by atoms with Gasteiger partial charge in [-0.3, -0.25) is 0 Å². The molecule has 0 aromatic carbocycles. The van der Waals surface area contributed by atoms with Gasteiger partial charge in [0.2, 0.25) is 0 Å². The summed E-state index contributed by atoms with van der Waals surface area (Å²) in [6.45, 7) is 2.25. The molecule has 0 aromatic heterocycles. The number of rotatable bonds is 1. The average Bonchev–Trinajstić information content (AvgIpc) is 1.37. The first-order valence-corrected chi connectivity index (χ1v) is 1.52. The molecule has 0 aromatic rings. The van der Waals surface area contributed by atoms with Gasteiger partial charge < -0.3 is 10.6 Å². The molecule has 0 atom stereocenters. The third-order valence-corrected chi connectivity index (χ3v) is 0.224. The summed E-state index contributed by atoms with van der Waals surface area (Å²) in [6, 6.07) is 0. The van der Waals surface area contributed by atoms with Crippen LogP contribution >= 0.6 is 0 Å². The Bertz CT molecular complexity index is 12.9. The molecule has 4 heteroatoms. The van der Waals surface area contributed by atoms with E-state index in [4.69, 9.17) is 5.11 Å². The van der Waals surface area contributed by atoms with Gasteiger partial charge in [0, 0.05) is 45.6 Å². The molecule has 0 aliphatic rings. The van der Waals surface area contributed by atoms with Crippen molar-refractivity contribution in [2.75, 3.05) is 6.61 Å². The van der Waals surface area contributed by atoms with Crippen molar-refractivity contribution in [2.24, 2.45) is 0 Å². The van der Waals surface area contributed by atoms with Crippen molar-refractivity contribution < 1.29 is 49.5 Å². The molecule has 0 aliphatic carbocycles. The van der Waals surface area contributed by atoms with Crippen LogP contribution in [0.4, 0.5) is 0 Å². The van der Waals surface area contributed by atoms with Gasteiger partial charge in [-0.2, -0.15) is 0 Å². The van der Waals surface area contributed by atoms with E-state index in [0.29, 0.717) is 6.61 Å². The largest absolute Gasteiger partial charge is 0.412 e. The first kappa shape index (κ1) is 24.2. The van der Waals surface area contributed by atoms with Crippen molar-refractivity contribution in [3.63, 3.8) is 0 Å². The van der Waals surface area contributed by atoms with Crippen LogP contribution in [0, 0.1) is 0 Å². The smallest absolute Gasteiger partial charge is 0.0428 e. The van der Waals surface area contributed by atoms with Crippen molar-refractivity contribution in [1.82, 2.24) is 0 Å². The Kier molecular flexibility index (Phi) is 93.8. The fourth-order valence-electron chi connectivity index (χ4n) is 0. The van der Waals surface area contributed by atoms with Crippen LogP contribution in [0.2, 0.25) is 0 Å². The maximum Gasteiger partial charge on any atom is 0.0428 e. The van der Waals surface area contributed by atoms with E-state index in [1.54, 1.807) is 0 Å². The number of aliphatic hydroxyl groups excluding tert-OH is 1. The molecule has 0 spiro atoms. The zero-order chi connectivity index (χ0) is 3.41. The standard InChI is InChI=1S/C3H8O.H2O.2Zn/c1-2-3-4;;;/h4H,2-3H2,1H3;1H2;;. The van der Waals surface area contributed by atoms with E-state index < -0.39 is 0 Å². The third kappa shape index (κ3) is 40.8. The Balaban J connectivity index is -0.0000000150. The van der Waals surface area contributed by atoms with E-state index in [1.165, 1.54) is 0 Å². The Hall–Kier alpha value is 1.17. The van der Waals surface area contributed by atoms with Crippen LogP contribution in [-0.4, -0.2) is 17.2 Å². The molecule has 0 bridgehead atoms. The fourth-order valence-corrected chi connectivity index (χ4v) is 0. The summed E-state index contributed by atoms with van der Waals surface area (Å²) in [5.74, 6) is 0. The minimum Gasteiger partial charge on any atom is -0.412 e. The van der Waals surface area contributed by atoms with E-state index in [0.717, 1.165) is 6.42 Å². The minimum atomic E-state index is 0. The summed E-state index contributed by atoms with van der Waals surface area (Å²) in [7, 11) is 0. The van der Waals surface area contributed by atoms with E-state index in [9.17, 15) is 0 Å². The molecule has 0 amide bonds. The van der Waals surface area contributed by atoms with Crippen LogP contribution < -0.4 is 0 Å². The summed E-state index contributed by atoms with van der Waals surface area (Å²) in [4.78, 5) is 0. The van der Waals surface area contributed by atoms with Crippen molar-refractivity contribution in [2.45, 2.75) is 13.3 Å². The Labute approximate surface area is 69.5 Å². The monoisotopic (exact) mass is 206 g/mol. The molecular weight excluding hydrogens is 199 g/mol. The quantitative estimate of drug-likeness (QED) is 0.584. The zero-order valence-electron chi connectivity index (χ0n) is 4.78. The maximum atomic E-state index is 7.88. The topological polar surface area (TPSA) is 51.7 Å². The summed E-state index contributed by atoms with van der Waals surface area (Å²) in [5, 5.41) is 7.88. The second-order valence-corrected chi connectivity index (χ2v) is 0.724. The number of hydrogen-bond acceptors (Lipinski definition) is 1. The second-order valence-electron chi connectivity index (χ2n) is 0.724. The maximum absolute atomic E-state index is 7.88. The van der Waals surface area contributed by atoms with Gasteiger partial charge in [-0.05, 0) is 6.42 Å². The van der Waals surface area contributed by atoms with E-state index in [1.807, 2.05) is 6.92 Å². The molecule has 3 N–H and O–H groups in total. The Morgan fingerprint density at radius 2 is 1.43 bits per heavy atom. The van der Waals surface area contributed by atoms with E-state index in [-0.39, 0.29) is 44.4 Å². The van der Waals surface area contributed by atoms with Crippen LogP contribution in [0.25, 0.3) is 0 Å². The van der Waals surface area contributed by atoms with Gasteiger partial charge in [-0.1, -0.05) is 6.92 Å². The Morgan fingerprint density at radius 1 is 1.29 bits per heavy atom. The summed E-state index contributed by atoms with van der Waals surface area (Å²) in [5.41, 5.74) is 0. The SMILES string of the molecule is CCCO.O.[Zn].[Zn]. The number of aliphatic hydroxyl groups is 1. The van der Waals surface area contributed by atoms with Gasteiger partial charge in [0.1, 0.15) is 0 Å².